The molecule has 3 rings (SSSR count). The van der Waals surface area contributed by atoms with Gasteiger partial charge in [-0.05, 0) is 47.1 Å². The molecule has 3 heterocycles. The van der Waals surface area contributed by atoms with Crippen molar-refractivity contribution in [3.8, 4) is 10.6 Å². The Hall–Kier alpha value is -2.12. The smallest absolute Gasteiger partial charge is 0.268 e. The van der Waals surface area contributed by atoms with Crippen molar-refractivity contribution in [1.29, 1.82) is 0 Å². The number of anilines is 1. The number of rotatable bonds is 3. The number of pyridine rings is 2. The Labute approximate surface area is 139 Å². The number of aryl methyl sites for hydroxylation is 1. The van der Waals surface area contributed by atoms with Gasteiger partial charge in [0, 0.05) is 28.6 Å². The third-order valence-electron chi connectivity index (χ3n) is 2.88. The van der Waals surface area contributed by atoms with Crippen molar-refractivity contribution in [3.63, 3.8) is 0 Å². The summed E-state index contributed by atoms with van der Waals surface area (Å²) in [6.07, 6.45) is 5.07. The van der Waals surface area contributed by atoms with Gasteiger partial charge in [0.2, 0.25) is 0 Å². The standard InChI is InChI=1S/C15H11BrN4OS/c1-9-13(14(21)20-12-5-4-11(16)8-18-12)22-15(19-9)10-3-2-6-17-7-10/h2-8H,1H3,(H,18,20,21). The molecule has 0 aromatic carbocycles. The lowest BCUT2D eigenvalue weighted by atomic mass is 10.3. The maximum Gasteiger partial charge on any atom is 0.268 e. The molecule has 0 aliphatic rings. The highest BCUT2D eigenvalue weighted by Gasteiger charge is 2.16. The number of thiazole rings is 1. The van der Waals surface area contributed by atoms with Crippen LogP contribution >= 0.6 is 27.3 Å². The summed E-state index contributed by atoms with van der Waals surface area (Å²) in [5.41, 5.74) is 1.59. The van der Waals surface area contributed by atoms with E-state index in [1.54, 1.807) is 24.7 Å². The first-order chi connectivity index (χ1) is 10.6. The van der Waals surface area contributed by atoms with Gasteiger partial charge in [-0.3, -0.25) is 9.78 Å². The summed E-state index contributed by atoms with van der Waals surface area (Å²) in [5, 5.41) is 3.55. The highest BCUT2D eigenvalue weighted by atomic mass is 79.9. The van der Waals surface area contributed by atoms with E-state index in [1.165, 1.54) is 11.3 Å². The van der Waals surface area contributed by atoms with E-state index in [9.17, 15) is 4.79 Å². The van der Waals surface area contributed by atoms with Crippen LogP contribution < -0.4 is 5.32 Å². The second kappa shape index (κ2) is 6.33. The first-order valence-corrected chi connectivity index (χ1v) is 8.05. The fourth-order valence-electron chi connectivity index (χ4n) is 1.84. The minimum absolute atomic E-state index is 0.208. The van der Waals surface area contributed by atoms with Crippen LogP contribution in [0.2, 0.25) is 0 Å². The summed E-state index contributed by atoms with van der Waals surface area (Å²) >= 11 is 4.65. The second-order valence-corrected chi connectivity index (χ2v) is 6.41. The minimum atomic E-state index is -0.208. The van der Waals surface area contributed by atoms with Crippen LogP contribution in [0.25, 0.3) is 10.6 Å². The van der Waals surface area contributed by atoms with Gasteiger partial charge in [0.25, 0.3) is 5.91 Å². The fraction of sp³-hybridized carbons (Fsp3) is 0.0667. The second-order valence-electron chi connectivity index (χ2n) is 4.49. The largest absolute Gasteiger partial charge is 0.306 e. The van der Waals surface area contributed by atoms with E-state index in [0.29, 0.717) is 16.4 Å². The summed E-state index contributed by atoms with van der Waals surface area (Å²) in [7, 11) is 0. The quantitative estimate of drug-likeness (QED) is 0.754. The molecule has 1 N–H and O–H groups in total. The zero-order valence-corrected chi connectivity index (χ0v) is 14.0. The van der Waals surface area contributed by atoms with Crippen LogP contribution in [0.5, 0.6) is 0 Å². The highest BCUT2D eigenvalue weighted by Crippen LogP contribution is 2.27. The third-order valence-corrected chi connectivity index (χ3v) is 4.55. The van der Waals surface area contributed by atoms with E-state index in [0.717, 1.165) is 15.0 Å². The topological polar surface area (TPSA) is 67.8 Å². The van der Waals surface area contributed by atoms with E-state index >= 15 is 0 Å². The zero-order valence-electron chi connectivity index (χ0n) is 11.6. The van der Waals surface area contributed by atoms with Gasteiger partial charge < -0.3 is 5.32 Å². The molecular formula is C15H11BrN4OS. The van der Waals surface area contributed by atoms with Crippen LogP contribution in [0.4, 0.5) is 5.82 Å². The highest BCUT2D eigenvalue weighted by molar-refractivity contribution is 9.10. The molecule has 0 atom stereocenters. The number of amides is 1. The van der Waals surface area contributed by atoms with E-state index in [1.807, 2.05) is 25.1 Å². The van der Waals surface area contributed by atoms with Crippen molar-refractivity contribution in [1.82, 2.24) is 15.0 Å². The Kier molecular flexibility index (Phi) is 4.26. The van der Waals surface area contributed by atoms with Crippen molar-refractivity contribution >= 4 is 39.0 Å². The zero-order chi connectivity index (χ0) is 15.5. The van der Waals surface area contributed by atoms with Crippen molar-refractivity contribution in [2.75, 3.05) is 5.32 Å². The number of halogens is 1. The Morgan fingerprint density at radius 1 is 1.27 bits per heavy atom. The van der Waals surface area contributed by atoms with Crippen LogP contribution in [0, 0.1) is 6.92 Å². The molecule has 1 amide bonds. The van der Waals surface area contributed by atoms with Crippen molar-refractivity contribution in [2.24, 2.45) is 0 Å². The molecule has 0 bridgehead atoms. The molecule has 0 fully saturated rings. The average molecular weight is 375 g/mol. The van der Waals surface area contributed by atoms with Crippen LogP contribution in [0.15, 0.2) is 47.3 Å². The predicted molar refractivity (Wildman–Crippen MR) is 90.0 cm³/mol. The molecule has 0 unspecified atom stereocenters. The molecule has 0 radical (unpaired) electrons. The van der Waals surface area contributed by atoms with Gasteiger partial charge in [0.05, 0.1) is 5.69 Å². The maximum atomic E-state index is 12.4. The van der Waals surface area contributed by atoms with Crippen LogP contribution in [-0.2, 0) is 0 Å². The van der Waals surface area contributed by atoms with Gasteiger partial charge in [-0.1, -0.05) is 0 Å². The Balaban J connectivity index is 1.84. The fourth-order valence-corrected chi connectivity index (χ4v) is 3.03. The van der Waals surface area contributed by atoms with Crippen LogP contribution in [-0.4, -0.2) is 20.9 Å². The lowest BCUT2D eigenvalue weighted by Crippen LogP contribution is -2.12. The van der Waals surface area contributed by atoms with Gasteiger partial charge >= 0.3 is 0 Å². The summed E-state index contributed by atoms with van der Waals surface area (Å²) in [6, 6.07) is 7.32. The number of nitrogens with zero attached hydrogens (tertiary/aromatic N) is 3. The van der Waals surface area contributed by atoms with Crippen molar-refractivity contribution in [3.05, 3.63) is 57.9 Å². The van der Waals surface area contributed by atoms with E-state index in [2.05, 4.69) is 36.2 Å². The number of aromatic nitrogens is 3. The van der Waals surface area contributed by atoms with Gasteiger partial charge in [-0.25, -0.2) is 9.97 Å². The maximum absolute atomic E-state index is 12.4. The Morgan fingerprint density at radius 2 is 2.14 bits per heavy atom. The number of hydrogen-bond acceptors (Lipinski definition) is 5. The van der Waals surface area contributed by atoms with Gasteiger partial charge in [0.1, 0.15) is 15.7 Å². The van der Waals surface area contributed by atoms with E-state index in [-0.39, 0.29) is 5.91 Å². The third kappa shape index (κ3) is 3.20. The molecule has 0 aliphatic carbocycles. The molecule has 0 aliphatic heterocycles. The summed E-state index contributed by atoms with van der Waals surface area (Å²) < 4.78 is 0.860. The predicted octanol–water partition coefficient (Wildman–Crippen LogP) is 3.92. The summed E-state index contributed by atoms with van der Waals surface area (Å²) in [5.74, 6) is 0.295. The summed E-state index contributed by atoms with van der Waals surface area (Å²) in [4.78, 5) is 25.6. The average Bonchev–Trinajstić information content (AvgIpc) is 2.92. The minimum Gasteiger partial charge on any atom is -0.306 e. The Morgan fingerprint density at radius 3 is 2.82 bits per heavy atom. The lowest BCUT2D eigenvalue weighted by Gasteiger charge is -2.02. The molecule has 0 saturated heterocycles. The number of carbonyl (C=O) groups excluding carboxylic acids is 1. The van der Waals surface area contributed by atoms with Gasteiger partial charge in [-0.2, -0.15) is 0 Å². The van der Waals surface area contributed by atoms with E-state index < -0.39 is 0 Å². The van der Waals surface area contributed by atoms with Gasteiger partial charge in [-0.15, -0.1) is 11.3 Å². The number of nitrogens with one attached hydrogen (secondary N) is 1. The molecule has 0 saturated carbocycles. The molecule has 110 valence electrons. The molecule has 22 heavy (non-hydrogen) atoms. The Bertz CT molecular complexity index is 802. The van der Waals surface area contributed by atoms with E-state index in [4.69, 9.17) is 0 Å². The lowest BCUT2D eigenvalue weighted by molar-refractivity contribution is 0.102. The van der Waals surface area contributed by atoms with Gasteiger partial charge in [0.15, 0.2) is 0 Å². The molecular weight excluding hydrogens is 364 g/mol. The van der Waals surface area contributed by atoms with Crippen LogP contribution in [0.1, 0.15) is 15.4 Å². The normalized spacial score (nSPS) is 10.5. The van der Waals surface area contributed by atoms with Crippen molar-refractivity contribution in [2.45, 2.75) is 6.92 Å². The number of hydrogen-bond donors (Lipinski definition) is 1. The van der Waals surface area contributed by atoms with Crippen LogP contribution in [0.3, 0.4) is 0 Å². The molecule has 5 nitrogen and oxygen atoms in total. The van der Waals surface area contributed by atoms with Crippen molar-refractivity contribution < 1.29 is 4.79 Å². The first-order valence-electron chi connectivity index (χ1n) is 6.44. The summed E-state index contributed by atoms with van der Waals surface area (Å²) in [6.45, 7) is 1.82. The molecule has 3 aromatic heterocycles. The molecule has 0 spiro atoms. The first kappa shape index (κ1) is 14.8. The molecule has 3 aromatic rings. The number of carbonyl (C=O) groups is 1. The monoisotopic (exact) mass is 374 g/mol. The SMILES string of the molecule is Cc1nc(-c2cccnc2)sc1C(=O)Nc1ccc(Br)cn1. The molecule has 7 heteroatoms.